The quantitative estimate of drug-likeness (QED) is 0.493. The monoisotopic (exact) mass is 525 g/mol. The van der Waals surface area contributed by atoms with Gasteiger partial charge in [0.15, 0.2) is 0 Å². The van der Waals surface area contributed by atoms with Crippen molar-refractivity contribution in [1.82, 2.24) is 5.32 Å². The van der Waals surface area contributed by atoms with E-state index >= 15 is 0 Å². The van der Waals surface area contributed by atoms with Gasteiger partial charge in [0.25, 0.3) is 5.91 Å². The largest absolute Gasteiger partial charge is 1.00 e. The third-order valence-corrected chi connectivity index (χ3v) is 7.81. The molecule has 34 heavy (non-hydrogen) atoms. The number of amides is 1. The smallest absolute Gasteiger partial charge is 0.251 e. The first-order valence-corrected chi connectivity index (χ1v) is 12.8. The Labute approximate surface area is 221 Å². The standard InChI is InChI=1S/C27H37Cl2N3O.ClH/c1-19(2)26(31-27(33)23-7-4-20(5-8-23)10-13-30)18-32(3)14-11-21(12-15-32)16-22-6-9-24(28)25(29)17-22;/h4-9,17,19,21,26H,10-16,18,30H2,1-3H3;1H/t21?,26-,32?;/m1./s1. The third kappa shape index (κ3) is 8.13. The topological polar surface area (TPSA) is 55.1 Å². The van der Waals surface area contributed by atoms with Crippen molar-refractivity contribution in [2.75, 3.05) is 33.2 Å². The van der Waals surface area contributed by atoms with Crippen LogP contribution in [0.4, 0.5) is 0 Å². The predicted molar refractivity (Wildman–Crippen MR) is 139 cm³/mol. The van der Waals surface area contributed by atoms with E-state index in [1.807, 2.05) is 36.4 Å². The molecule has 0 aromatic heterocycles. The number of halogens is 3. The van der Waals surface area contributed by atoms with Gasteiger partial charge in [-0.25, -0.2) is 0 Å². The summed E-state index contributed by atoms with van der Waals surface area (Å²) in [5, 5.41) is 4.56. The molecule has 0 spiro atoms. The number of carbonyl (C=O) groups excluding carboxylic acids is 1. The Bertz CT molecular complexity index is 925. The van der Waals surface area contributed by atoms with E-state index in [1.54, 1.807) is 0 Å². The van der Waals surface area contributed by atoms with Crippen LogP contribution in [0.15, 0.2) is 42.5 Å². The summed E-state index contributed by atoms with van der Waals surface area (Å²) in [6, 6.07) is 13.9. The highest BCUT2D eigenvalue weighted by Gasteiger charge is 2.34. The van der Waals surface area contributed by atoms with Gasteiger partial charge in [0.2, 0.25) is 0 Å². The number of hydrogen-bond donors (Lipinski definition) is 2. The molecule has 0 radical (unpaired) electrons. The molecule has 2 aromatic carbocycles. The molecular weight excluding hydrogens is 489 g/mol. The predicted octanol–water partition coefficient (Wildman–Crippen LogP) is 2.35. The summed E-state index contributed by atoms with van der Waals surface area (Å²) < 4.78 is 0.996. The fourth-order valence-corrected chi connectivity index (χ4v) is 5.09. The van der Waals surface area contributed by atoms with Crippen LogP contribution >= 0.6 is 23.2 Å². The molecule has 0 bridgehead atoms. The van der Waals surface area contributed by atoms with Crippen LogP contribution in [-0.4, -0.2) is 49.7 Å². The highest BCUT2D eigenvalue weighted by molar-refractivity contribution is 6.42. The number of hydrogen-bond acceptors (Lipinski definition) is 2. The maximum atomic E-state index is 12.9. The van der Waals surface area contributed by atoms with Gasteiger partial charge < -0.3 is 27.9 Å². The molecule has 1 fully saturated rings. The molecule has 1 heterocycles. The molecule has 7 heteroatoms. The molecule has 1 saturated heterocycles. The van der Waals surface area contributed by atoms with Gasteiger partial charge in [0.1, 0.15) is 0 Å². The summed E-state index contributed by atoms with van der Waals surface area (Å²) in [7, 11) is 2.33. The summed E-state index contributed by atoms with van der Waals surface area (Å²) in [6.45, 7) is 8.20. The van der Waals surface area contributed by atoms with Crippen molar-refractivity contribution >= 4 is 29.1 Å². The Morgan fingerprint density at radius 2 is 1.68 bits per heavy atom. The molecule has 188 valence electrons. The van der Waals surface area contributed by atoms with Crippen molar-refractivity contribution in [3.8, 4) is 0 Å². The Hall–Kier alpha value is -1.30. The molecule has 1 aliphatic rings. The second-order valence-corrected chi connectivity index (χ2v) is 11.0. The molecule has 0 unspecified atom stereocenters. The molecule has 0 saturated carbocycles. The van der Waals surface area contributed by atoms with E-state index in [0.717, 1.165) is 42.5 Å². The molecular formula is C27H38Cl3N3O. The Morgan fingerprint density at radius 1 is 1.06 bits per heavy atom. The number of carbonyl (C=O) groups is 1. The van der Waals surface area contributed by atoms with Gasteiger partial charge in [-0.05, 0) is 79.5 Å². The van der Waals surface area contributed by atoms with Crippen LogP contribution in [0.5, 0.6) is 0 Å². The zero-order chi connectivity index (χ0) is 24.0. The van der Waals surface area contributed by atoms with Crippen molar-refractivity contribution in [3.05, 3.63) is 69.2 Å². The van der Waals surface area contributed by atoms with Gasteiger partial charge in [-0.15, -0.1) is 0 Å². The van der Waals surface area contributed by atoms with Crippen LogP contribution in [0.25, 0.3) is 0 Å². The highest BCUT2D eigenvalue weighted by atomic mass is 35.5. The average molecular weight is 527 g/mol. The lowest BCUT2D eigenvalue weighted by atomic mass is 9.88. The van der Waals surface area contributed by atoms with Crippen LogP contribution in [0.3, 0.4) is 0 Å². The van der Waals surface area contributed by atoms with Crippen LogP contribution in [0, 0.1) is 11.8 Å². The number of nitrogens with one attached hydrogen (secondary N) is 1. The lowest BCUT2D eigenvalue weighted by Gasteiger charge is -2.43. The van der Waals surface area contributed by atoms with E-state index in [4.69, 9.17) is 28.9 Å². The fourth-order valence-electron chi connectivity index (χ4n) is 4.77. The van der Waals surface area contributed by atoms with E-state index in [1.165, 1.54) is 18.4 Å². The van der Waals surface area contributed by atoms with Gasteiger partial charge in [-0.2, -0.15) is 0 Å². The van der Waals surface area contributed by atoms with Crippen molar-refractivity contribution in [2.24, 2.45) is 17.6 Å². The summed E-state index contributed by atoms with van der Waals surface area (Å²) in [5.41, 5.74) is 8.76. The maximum absolute atomic E-state index is 12.9. The van der Waals surface area contributed by atoms with Crippen LogP contribution in [0.2, 0.25) is 10.0 Å². The molecule has 3 rings (SSSR count). The second kappa shape index (κ2) is 13.1. The number of piperidine rings is 1. The maximum Gasteiger partial charge on any atom is 0.251 e. The van der Waals surface area contributed by atoms with E-state index < -0.39 is 0 Å². The number of quaternary nitrogens is 1. The first kappa shape index (κ1) is 28.9. The second-order valence-electron chi connectivity index (χ2n) is 10.2. The molecule has 1 amide bonds. The number of nitrogens with zero attached hydrogens (tertiary/aromatic N) is 1. The van der Waals surface area contributed by atoms with Gasteiger partial charge in [0, 0.05) is 5.56 Å². The van der Waals surface area contributed by atoms with Gasteiger partial charge >= 0.3 is 0 Å². The van der Waals surface area contributed by atoms with E-state index in [9.17, 15) is 4.79 Å². The van der Waals surface area contributed by atoms with E-state index in [-0.39, 0.29) is 24.4 Å². The molecule has 3 N–H and O–H groups in total. The summed E-state index contributed by atoms with van der Waals surface area (Å²) >= 11 is 12.3. The number of rotatable bonds is 9. The van der Waals surface area contributed by atoms with Crippen LogP contribution in [-0.2, 0) is 12.8 Å². The molecule has 1 aliphatic heterocycles. The van der Waals surface area contributed by atoms with Crippen LogP contribution in [0.1, 0.15) is 48.2 Å². The number of likely N-dealkylation sites (tertiary alicyclic amines) is 1. The minimum Gasteiger partial charge on any atom is -1.00 e. The van der Waals surface area contributed by atoms with Gasteiger partial charge in [-0.1, -0.05) is 55.2 Å². The zero-order valence-corrected chi connectivity index (χ0v) is 22.8. The molecule has 1 atom stereocenters. The minimum atomic E-state index is 0. The van der Waals surface area contributed by atoms with Crippen molar-refractivity contribution < 1.29 is 21.7 Å². The first-order chi connectivity index (χ1) is 15.7. The summed E-state index contributed by atoms with van der Waals surface area (Å²) in [4.78, 5) is 12.9. The SMILES string of the molecule is CC(C)[C@@H](C[N+]1(C)CCC(Cc2ccc(Cl)c(Cl)c2)CC1)NC(=O)c1ccc(CCN)cc1.[Cl-]. The molecule has 4 nitrogen and oxygen atoms in total. The van der Waals surface area contributed by atoms with Crippen molar-refractivity contribution in [1.29, 1.82) is 0 Å². The third-order valence-electron chi connectivity index (χ3n) is 7.07. The lowest BCUT2D eigenvalue weighted by Crippen LogP contribution is -3.00. The van der Waals surface area contributed by atoms with E-state index in [2.05, 4.69) is 32.3 Å². The summed E-state index contributed by atoms with van der Waals surface area (Å²) in [6.07, 6.45) is 4.23. The van der Waals surface area contributed by atoms with Crippen molar-refractivity contribution in [2.45, 2.75) is 45.6 Å². The zero-order valence-electron chi connectivity index (χ0n) is 20.5. The number of nitrogens with two attached hydrogens (primary N) is 1. The van der Waals surface area contributed by atoms with E-state index in [0.29, 0.717) is 34.0 Å². The lowest BCUT2D eigenvalue weighted by molar-refractivity contribution is -0.916. The number of likely N-dealkylation sites (N-methyl/N-ethyl adjacent to an activating group) is 1. The Kier molecular flexibility index (Phi) is 11.2. The first-order valence-electron chi connectivity index (χ1n) is 12.1. The number of benzene rings is 2. The minimum absolute atomic E-state index is 0. The summed E-state index contributed by atoms with van der Waals surface area (Å²) in [5.74, 6) is 1.04. The molecule has 0 aliphatic carbocycles. The van der Waals surface area contributed by atoms with Gasteiger partial charge in [0.05, 0.1) is 42.8 Å². The highest BCUT2D eigenvalue weighted by Crippen LogP contribution is 2.29. The molecule has 2 aromatic rings. The van der Waals surface area contributed by atoms with Crippen LogP contribution < -0.4 is 23.5 Å². The Balaban J connectivity index is 0.00000408. The normalized spacial score (nSPS) is 21.1. The van der Waals surface area contributed by atoms with Gasteiger partial charge in [-0.3, -0.25) is 4.79 Å². The van der Waals surface area contributed by atoms with Crippen molar-refractivity contribution in [3.63, 3.8) is 0 Å². The fraction of sp³-hybridized carbons (Fsp3) is 0.519. The Morgan fingerprint density at radius 3 is 2.24 bits per heavy atom. The average Bonchev–Trinajstić information content (AvgIpc) is 2.78.